The van der Waals surface area contributed by atoms with Gasteiger partial charge in [0.1, 0.15) is 0 Å². The molecule has 0 unspecified atom stereocenters. The van der Waals surface area contributed by atoms with Crippen molar-refractivity contribution in [3.8, 4) is 0 Å². The van der Waals surface area contributed by atoms with Crippen LogP contribution in [0.5, 0.6) is 0 Å². The van der Waals surface area contributed by atoms with E-state index >= 15 is 0 Å². The number of carbonyl (C=O) groups is 1. The van der Waals surface area contributed by atoms with Crippen LogP contribution in [-0.2, 0) is 0 Å². The van der Waals surface area contributed by atoms with E-state index in [1.165, 1.54) is 19.4 Å². The van der Waals surface area contributed by atoms with Crippen LogP contribution in [0.3, 0.4) is 0 Å². The Hall–Kier alpha value is -1.46. The minimum atomic E-state index is 0.202. The highest BCUT2D eigenvalue weighted by molar-refractivity contribution is 9.10. The van der Waals surface area contributed by atoms with Crippen LogP contribution in [0, 0.1) is 11.8 Å². The number of hydrogen-bond acceptors (Lipinski definition) is 4. The van der Waals surface area contributed by atoms with Gasteiger partial charge in [0.2, 0.25) is 0 Å². The molecule has 0 saturated heterocycles. The fraction of sp³-hybridized carbons (Fsp3) is 0.545. The molecule has 0 amide bonds. The van der Waals surface area contributed by atoms with Gasteiger partial charge in [0.05, 0.1) is 16.8 Å². The predicted octanol–water partition coefficient (Wildman–Crippen LogP) is 5.12. The van der Waals surface area contributed by atoms with Gasteiger partial charge in [0.25, 0.3) is 0 Å². The number of benzene rings is 1. The summed E-state index contributed by atoms with van der Waals surface area (Å²) in [6.45, 7) is 1.17. The van der Waals surface area contributed by atoms with Crippen LogP contribution in [0.2, 0.25) is 0 Å². The zero-order chi connectivity index (χ0) is 19.0. The Morgan fingerprint density at radius 1 is 1.19 bits per heavy atom. The summed E-state index contributed by atoms with van der Waals surface area (Å²) in [6.07, 6.45) is 8.63. The van der Waals surface area contributed by atoms with Crippen LogP contribution in [0.4, 0.5) is 5.69 Å². The van der Waals surface area contributed by atoms with Gasteiger partial charge in [-0.2, -0.15) is 0 Å². The standard InChI is InChI=1S/C22H28BrN3O/c1-26(2)13-14-3-8-17(9-4-14)25-21-18-11-16(23)7-10-20(18)24-12-19(21)22(27)15-5-6-15/h7,10-12,14-15,17H,3-6,8-9,13H2,1-2H3,(H,24,25). The van der Waals surface area contributed by atoms with Gasteiger partial charge in [-0.1, -0.05) is 15.9 Å². The number of ketones is 1. The molecule has 4 rings (SSSR count). The number of anilines is 1. The van der Waals surface area contributed by atoms with Gasteiger partial charge in [0, 0.05) is 34.6 Å². The maximum absolute atomic E-state index is 12.9. The van der Waals surface area contributed by atoms with Crippen LogP contribution in [-0.4, -0.2) is 42.3 Å². The molecule has 0 spiro atoms. The lowest BCUT2D eigenvalue weighted by Gasteiger charge is -2.32. The quantitative estimate of drug-likeness (QED) is 0.646. The highest BCUT2D eigenvalue weighted by Crippen LogP contribution is 2.38. The smallest absolute Gasteiger partial charge is 0.169 e. The summed E-state index contributed by atoms with van der Waals surface area (Å²) < 4.78 is 1.02. The van der Waals surface area contributed by atoms with Crippen molar-refractivity contribution in [1.82, 2.24) is 9.88 Å². The molecule has 1 N–H and O–H groups in total. The largest absolute Gasteiger partial charge is 0.381 e. The number of rotatable bonds is 6. The topological polar surface area (TPSA) is 45.2 Å². The molecular weight excluding hydrogens is 402 g/mol. The van der Waals surface area contributed by atoms with Gasteiger partial charge in [-0.05, 0) is 76.7 Å². The van der Waals surface area contributed by atoms with E-state index in [1.807, 2.05) is 12.1 Å². The summed E-state index contributed by atoms with van der Waals surface area (Å²) in [6, 6.07) is 6.54. The molecule has 1 aromatic carbocycles. The minimum absolute atomic E-state index is 0.202. The monoisotopic (exact) mass is 429 g/mol. The van der Waals surface area contributed by atoms with Gasteiger partial charge in [-0.25, -0.2) is 0 Å². The SMILES string of the molecule is CN(C)CC1CCC(Nc2c(C(=O)C3CC3)cnc3ccc(Br)cc23)CC1. The van der Waals surface area contributed by atoms with Gasteiger partial charge < -0.3 is 10.2 Å². The first kappa shape index (κ1) is 18.9. The van der Waals surface area contributed by atoms with Crippen molar-refractivity contribution in [3.63, 3.8) is 0 Å². The predicted molar refractivity (Wildman–Crippen MR) is 114 cm³/mol. The van der Waals surface area contributed by atoms with Crippen LogP contribution in [0.15, 0.2) is 28.9 Å². The molecule has 144 valence electrons. The average molecular weight is 430 g/mol. The molecule has 2 saturated carbocycles. The van der Waals surface area contributed by atoms with E-state index in [0.717, 1.165) is 58.2 Å². The first-order chi connectivity index (χ1) is 13.0. The molecule has 27 heavy (non-hydrogen) atoms. The van der Waals surface area contributed by atoms with Crippen molar-refractivity contribution in [1.29, 1.82) is 0 Å². The lowest BCUT2D eigenvalue weighted by Crippen LogP contribution is -2.31. The Morgan fingerprint density at radius 3 is 2.59 bits per heavy atom. The number of hydrogen-bond donors (Lipinski definition) is 1. The average Bonchev–Trinajstić information content (AvgIpc) is 3.48. The molecule has 5 heteroatoms. The zero-order valence-electron chi connectivity index (χ0n) is 16.2. The third kappa shape index (κ3) is 4.35. The van der Waals surface area contributed by atoms with E-state index in [1.54, 1.807) is 6.20 Å². The van der Waals surface area contributed by atoms with Gasteiger partial charge >= 0.3 is 0 Å². The second-order valence-electron chi connectivity index (χ2n) is 8.47. The van der Waals surface area contributed by atoms with Gasteiger partial charge in [-0.3, -0.25) is 9.78 Å². The van der Waals surface area contributed by atoms with Crippen molar-refractivity contribution in [2.75, 3.05) is 26.0 Å². The maximum atomic E-state index is 12.9. The molecule has 2 fully saturated rings. The van der Waals surface area contributed by atoms with Crippen LogP contribution >= 0.6 is 15.9 Å². The molecular formula is C22H28BrN3O. The van der Waals surface area contributed by atoms with Crippen molar-refractivity contribution >= 4 is 38.3 Å². The number of nitrogens with one attached hydrogen (secondary N) is 1. The third-order valence-corrected chi connectivity index (χ3v) is 6.36. The normalized spacial score (nSPS) is 23.0. The fourth-order valence-electron chi connectivity index (χ4n) is 4.28. The number of pyridine rings is 1. The van der Waals surface area contributed by atoms with E-state index < -0.39 is 0 Å². The molecule has 0 radical (unpaired) electrons. The molecule has 0 bridgehead atoms. The molecule has 2 aromatic rings. The number of Topliss-reactive ketones (excluding diaryl/α,β-unsaturated/α-hetero) is 1. The first-order valence-electron chi connectivity index (χ1n) is 10.0. The number of nitrogens with zero attached hydrogens (tertiary/aromatic N) is 2. The number of aromatic nitrogens is 1. The molecule has 2 aliphatic carbocycles. The van der Waals surface area contributed by atoms with E-state index in [-0.39, 0.29) is 11.7 Å². The molecule has 4 nitrogen and oxygen atoms in total. The maximum Gasteiger partial charge on any atom is 0.169 e. The molecule has 0 aliphatic heterocycles. The Labute approximate surface area is 169 Å². The van der Waals surface area contributed by atoms with Crippen molar-refractivity contribution in [2.45, 2.75) is 44.6 Å². The number of fused-ring (bicyclic) bond motifs is 1. The minimum Gasteiger partial charge on any atom is -0.381 e. The van der Waals surface area contributed by atoms with Gasteiger partial charge in [-0.15, -0.1) is 0 Å². The van der Waals surface area contributed by atoms with Crippen molar-refractivity contribution in [3.05, 3.63) is 34.4 Å². The van der Waals surface area contributed by atoms with E-state index in [0.29, 0.717) is 6.04 Å². The van der Waals surface area contributed by atoms with E-state index in [4.69, 9.17) is 0 Å². The molecule has 1 aromatic heterocycles. The summed E-state index contributed by atoms with van der Waals surface area (Å²) in [5.74, 6) is 1.25. The van der Waals surface area contributed by atoms with Crippen molar-refractivity contribution < 1.29 is 4.79 Å². The third-order valence-electron chi connectivity index (χ3n) is 5.86. The Bertz CT molecular complexity index is 839. The van der Waals surface area contributed by atoms with Crippen LogP contribution in [0.25, 0.3) is 10.9 Å². The first-order valence-corrected chi connectivity index (χ1v) is 10.8. The second kappa shape index (κ2) is 7.88. The highest BCUT2D eigenvalue weighted by Gasteiger charge is 2.33. The molecule has 0 atom stereocenters. The Morgan fingerprint density at radius 2 is 1.93 bits per heavy atom. The summed E-state index contributed by atoms with van der Waals surface area (Å²) in [7, 11) is 4.31. The zero-order valence-corrected chi connectivity index (χ0v) is 17.8. The number of carbonyl (C=O) groups excluding carboxylic acids is 1. The van der Waals surface area contributed by atoms with Crippen LogP contribution < -0.4 is 5.32 Å². The Balaban J connectivity index is 1.60. The van der Waals surface area contributed by atoms with E-state index in [9.17, 15) is 4.79 Å². The Kier molecular flexibility index (Phi) is 5.51. The summed E-state index contributed by atoms with van der Waals surface area (Å²) >= 11 is 3.58. The second-order valence-corrected chi connectivity index (χ2v) is 9.39. The fourth-order valence-corrected chi connectivity index (χ4v) is 4.64. The summed E-state index contributed by atoms with van der Waals surface area (Å²) in [5, 5.41) is 4.81. The summed E-state index contributed by atoms with van der Waals surface area (Å²) in [4.78, 5) is 19.7. The van der Waals surface area contributed by atoms with Gasteiger partial charge in [0.15, 0.2) is 5.78 Å². The highest BCUT2D eigenvalue weighted by atomic mass is 79.9. The van der Waals surface area contributed by atoms with Crippen molar-refractivity contribution in [2.24, 2.45) is 11.8 Å². The van der Waals surface area contributed by atoms with E-state index in [2.05, 4.69) is 51.3 Å². The lowest BCUT2D eigenvalue weighted by molar-refractivity contribution is 0.0968. The summed E-state index contributed by atoms with van der Waals surface area (Å²) in [5.41, 5.74) is 2.71. The van der Waals surface area contributed by atoms with Crippen LogP contribution in [0.1, 0.15) is 48.9 Å². The number of halogens is 1. The molecule has 1 heterocycles. The lowest BCUT2D eigenvalue weighted by atomic mass is 9.85. The molecule has 2 aliphatic rings.